The Balaban J connectivity index is 1.67. The van der Waals surface area contributed by atoms with Gasteiger partial charge in [-0.1, -0.05) is 35.9 Å². The second kappa shape index (κ2) is 7.26. The number of carbonyl (C=O) groups is 1. The first-order chi connectivity index (χ1) is 11.5. The number of nitrogens with zero attached hydrogens (tertiary/aromatic N) is 2. The minimum absolute atomic E-state index is 0.00157. The number of amides is 1. The molecule has 1 aromatic heterocycles. The van der Waals surface area contributed by atoms with Gasteiger partial charge < -0.3 is 4.90 Å². The standard InChI is InChI=1S/C19H22N2O2S/c1-14-3-6-16(7-4-14)12-21(17-8-9-17)19(22)13-24(23)18-10-5-15(2)11-20-18/h3-7,10-11,17H,8-9,12-13H2,1-2H3/t24-/m1/s1. The second-order valence-electron chi connectivity index (χ2n) is 6.40. The summed E-state index contributed by atoms with van der Waals surface area (Å²) in [5.41, 5.74) is 3.33. The molecule has 1 atom stereocenters. The summed E-state index contributed by atoms with van der Waals surface area (Å²) in [7, 11) is -1.40. The molecule has 1 heterocycles. The third-order valence-corrected chi connectivity index (χ3v) is 5.37. The van der Waals surface area contributed by atoms with E-state index in [1.807, 2.05) is 24.8 Å². The van der Waals surface area contributed by atoms with Crippen LogP contribution in [0.5, 0.6) is 0 Å². The Bertz CT molecular complexity index is 737. The Morgan fingerprint density at radius 2 is 1.79 bits per heavy atom. The van der Waals surface area contributed by atoms with E-state index in [0.717, 1.165) is 24.0 Å². The lowest BCUT2D eigenvalue weighted by Crippen LogP contribution is -2.36. The molecule has 0 aliphatic heterocycles. The van der Waals surface area contributed by atoms with Gasteiger partial charge >= 0.3 is 0 Å². The third kappa shape index (κ3) is 4.29. The molecular formula is C19H22N2O2S. The van der Waals surface area contributed by atoms with Gasteiger partial charge in [0, 0.05) is 18.8 Å². The van der Waals surface area contributed by atoms with Crippen LogP contribution >= 0.6 is 0 Å². The highest BCUT2D eigenvalue weighted by atomic mass is 32.2. The van der Waals surface area contributed by atoms with Crippen molar-refractivity contribution in [2.75, 3.05) is 5.75 Å². The fourth-order valence-electron chi connectivity index (χ4n) is 2.56. The van der Waals surface area contributed by atoms with Crippen molar-refractivity contribution in [3.63, 3.8) is 0 Å². The summed E-state index contributed by atoms with van der Waals surface area (Å²) < 4.78 is 12.4. The molecule has 0 spiro atoms. The molecule has 24 heavy (non-hydrogen) atoms. The molecule has 1 aliphatic rings. The lowest BCUT2D eigenvalue weighted by atomic mass is 10.1. The molecule has 0 unspecified atom stereocenters. The molecule has 0 N–H and O–H groups in total. The van der Waals surface area contributed by atoms with Crippen LogP contribution in [-0.2, 0) is 22.1 Å². The molecule has 2 aromatic rings. The molecule has 1 aromatic carbocycles. The van der Waals surface area contributed by atoms with E-state index < -0.39 is 10.8 Å². The van der Waals surface area contributed by atoms with Crippen LogP contribution in [0.3, 0.4) is 0 Å². The van der Waals surface area contributed by atoms with Crippen LogP contribution in [0.1, 0.15) is 29.5 Å². The van der Waals surface area contributed by atoms with E-state index in [0.29, 0.717) is 17.6 Å². The third-order valence-electron chi connectivity index (χ3n) is 4.15. The van der Waals surface area contributed by atoms with Crippen molar-refractivity contribution >= 4 is 16.7 Å². The Labute approximate surface area is 145 Å². The molecular weight excluding hydrogens is 320 g/mol. The highest BCUT2D eigenvalue weighted by Crippen LogP contribution is 2.28. The minimum Gasteiger partial charge on any atom is -0.335 e. The fraction of sp³-hybridized carbons (Fsp3) is 0.368. The number of aryl methyl sites for hydroxylation is 2. The maximum Gasteiger partial charge on any atom is 0.236 e. The molecule has 0 bridgehead atoms. The van der Waals surface area contributed by atoms with E-state index in [2.05, 4.69) is 29.2 Å². The largest absolute Gasteiger partial charge is 0.335 e. The number of rotatable bonds is 6. The first-order valence-electron chi connectivity index (χ1n) is 8.19. The molecule has 1 fully saturated rings. The number of carbonyl (C=O) groups excluding carboxylic acids is 1. The summed E-state index contributed by atoms with van der Waals surface area (Å²) >= 11 is 0. The Morgan fingerprint density at radius 1 is 1.12 bits per heavy atom. The van der Waals surface area contributed by atoms with E-state index >= 15 is 0 Å². The summed E-state index contributed by atoms with van der Waals surface area (Å²) in [6.45, 7) is 4.56. The van der Waals surface area contributed by atoms with Crippen LogP contribution in [0.25, 0.3) is 0 Å². The van der Waals surface area contributed by atoms with Gasteiger partial charge in [-0.3, -0.25) is 9.00 Å². The average Bonchev–Trinajstić information content (AvgIpc) is 3.39. The topological polar surface area (TPSA) is 50.3 Å². The molecule has 5 heteroatoms. The summed E-state index contributed by atoms with van der Waals surface area (Å²) in [6, 6.07) is 12.1. The van der Waals surface area contributed by atoms with Gasteiger partial charge in [-0.05, 0) is 43.9 Å². The van der Waals surface area contributed by atoms with Gasteiger partial charge in [0.25, 0.3) is 0 Å². The summed E-state index contributed by atoms with van der Waals surface area (Å²) in [5.74, 6) is -0.0582. The van der Waals surface area contributed by atoms with Gasteiger partial charge in [0.05, 0.1) is 10.8 Å². The van der Waals surface area contributed by atoms with Gasteiger partial charge in [-0.2, -0.15) is 0 Å². The summed E-state index contributed by atoms with van der Waals surface area (Å²) in [5, 5.41) is 0.472. The lowest BCUT2D eigenvalue weighted by Gasteiger charge is -2.22. The molecule has 0 radical (unpaired) electrons. The second-order valence-corrected chi connectivity index (χ2v) is 7.80. The van der Waals surface area contributed by atoms with Crippen LogP contribution in [0.2, 0.25) is 0 Å². The van der Waals surface area contributed by atoms with Crippen LogP contribution in [0, 0.1) is 13.8 Å². The van der Waals surface area contributed by atoms with Crippen molar-refractivity contribution in [1.29, 1.82) is 0 Å². The van der Waals surface area contributed by atoms with E-state index in [-0.39, 0.29) is 11.7 Å². The molecule has 1 saturated carbocycles. The van der Waals surface area contributed by atoms with Gasteiger partial charge in [-0.15, -0.1) is 0 Å². The number of benzene rings is 1. The summed E-state index contributed by atoms with van der Waals surface area (Å²) in [6.07, 6.45) is 3.75. The Morgan fingerprint density at radius 3 is 2.38 bits per heavy atom. The van der Waals surface area contributed by atoms with Gasteiger partial charge in [0.2, 0.25) is 5.91 Å². The normalized spacial score (nSPS) is 15.1. The summed E-state index contributed by atoms with van der Waals surface area (Å²) in [4.78, 5) is 18.7. The minimum atomic E-state index is -1.40. The Hall–Kier alpha value is -2.01. The van der Waals surface area contributed by atoms with Crippen molar-refractivity contribution in [3.05, 3.63) is 59.3 Å². The first-order valence-corrected chi connectivity index (χ1v) is 9.51. The molecule has 1 amide bonds. The van der Waals surface area contributed by atoms with E-state index in [4.69, 9.17) is 0 Å². The zero-order chi connectivity index (χ0) is 17.1. The quantitative estimate of drug-likeness (QED) is 0.811. The van der Waals surface area contributed by atoms with Crippen LogP contribution in [-0.4, -0.2) is 31.8 Å². The Kier molecular flexibility index (Phi) is 5.09. The van der Waals surface area contributed by atoms with E-state index in [1.54, 1.807) is 12.3 Å². The maximum absolute atomic E-state index is 12.7. The highest BCUT2D eigenvalue weighted by molar-refractivity contribution is 7.85. The zero-order valence-corrected chi connectivity index (χ0v) is 14.9. The number of hydrogen-bond donors (Lipinski definition) is 0. The molecule has 4 nitrogen and oxygen atoms in total. The monoisotopic (exact) mass is 342 g/mol. The van der Waals surface area contributed by atoms with Crippen molar-refractivity contribution in [3.8, 4) is 0 Å². The fourth-order valence-corrected chi connectivity index (χ4v) is 3.48. The van der Waals surface area contributed by atoms with Crippen molar-refractivity contribution in [2.45, 2.75) is 44.3 Å². The van der Waals surface area contributed by atoms with Gasteiger partial charge in [-0.25, -0.2) is 4.98 Å². The number of hydrogen-bond acceptors (Lipinski definition) is 3. The lowest BCUT2D eigenvalue weighted by molar-refractivity contribution is -0.129. The van der Waals surface area contributed by atoms with Crippen molar-refractivity contribution in [1.82, 2.24) is 9.88 Å². The zero-order valence-electron chi connectivity index (χ0n) is 14.1. The average molecular weight is 342 g/mol. The SMILES string of the molecule is Cc1ccc(CN(C(=O)C[S@@](=O)c2ccc(C)cn2)C2CC2)cc1. The molecule has 1 aliphatic carbocycles. The maximum atomic E-state index is 12.7. The predicted octanol–water partition coefficient (Wildman–Crippen LogP) is 3.00. The molecule has 126 valence electrons. The smallest absolute Gasteiger partial charge is 0.236 e. The van der Waals surface area contributed by atoms with Crippen LogP contribution < -0.4 is 0 Å². The van der Waals surface area contributed by atoms with Gasteiger partial charge in [0.15, 0.2) is 0 Å². The highest BCUT2D eigenvalue weighted by Gasteiger charge is 2.33. The first kappa shape index (κ1) is 16.8. The van der Waals surface area contributed by atoms with Crippen LogP contribution in [0.15, 0.2) is 47.6 Å². The number of pyridine rings is 1. The van der Waals surface area contributed by atoms with Crippen molar-refractivity contribution < 1.29 is 9.00 Å². The van der Waals surface area contributed by atoms with Crippen molar-refractivity contribution in [2.24, 2.45) is 0 Å². The van der Waals surface area contributed by atoms with Crippen LogP contribution in [0.4, 0.5) is 0 Å². The van der Waals surface area contributed by atoms with Gasteiger partial charge in [0.1, 0.15) is 10.8 Å². The van der Waals surface area contributed by atoms with E-state index in [9.17, 15) is 9.00 Å². The number of aromatic nitrogens is 1. The molecule has 0 saturated heterocycles. The van der Waals surface area contributed by atoms with E-state index in [1.165, 1.54) is 5.56 Å². The predicted molar refractivity (Wildman–Crippen MR) is 95.0 cm³/mol. The molecule has 3 rings (SSSR count).